The molecule has 0 saturated carbocycles. The molecule has 7 heteroatoms. The number of aryl methyl sites for hydroxylation is 2. The Morgan fingerprint density at radius 1 is 0.903 bits per heavy atom. The number of nitrogens with zero attached hydrogens (tertiary/aromatic N) is 2. The summed E-state index contributed by atoms with van der Waals surface area (Å²) in [5, 5.41) is 5.10. The van der Waals surface area contributed by atoms with Crippen LogP contribution in [0.15, 0.2) is 53.3 Å². The van der Waals surface area contributed by atoms with E-state index in [4.69, 9.17) is 0 Å². The van der Waals surface area contributed by atoms with Crippen molar-refractivity contribution in [3.8, 4) is 0 Å². The van der Waals surface area contributed by atoms with E-state index >= 15 is 0 Å². The van der Waals surface area contributed by atoms with Crippen LogP contribution in [0.1, 0.15) is 54.7 Å². The Balaban J connectivity index is 1.68. The fraction of sp³-hybridized carbons (Fsp3) is 0.333. The van der Waals surface area contributed by atoms with Gasteiger partial charge in [-0.05, 0) is 36.5 Å². The molecule has 0 aliphatic heterocycles. The zero-order valence-electron chi connectivity index (χ0n) is 18.0. The van der Waals surface area contributed by atoms with Crippen LogP contribution in [0, 0.1) is 0 Å². The number of benzene rings is 2. The SMILES string of the molecule is CCCCc1ccc(CC(=O)NNC(=O)c2nn(CCC)c(=O)c3ccccc23)cc1. The number of carbonyl (C=O) groups is 2. The van der Waals surface area contributed by atoms with E-state index in [-0.39, 0.29) is 23.6 Å². The Hall–Kier alpha value is -3.48. The Morgan fingerprint density at radius 3 is 2.26 bits per heavy atom. The standard InChI is InChI=1S/C24H28N4O3/c1-3-5-8-17-11-13-18(14-12-17)16-21(29)25-26-23(30)22-19-9-6-7-10-20(19)24(31)28(27-22)15-4-2/h6-7,9-14H,3-5,8,15-16H2,1-2H3,(H,25,29)(H,26,30). The van der Waals surface area contributed by atoms with Gasteiger partial charge in [0.25, 0.3) is 11.5 Å². The third kappa shape index (κ3) is 5.57. The van der Waals surface area contributed by atoms with Crippen molar-refractivity contribution in [1.29, 1.82) is 0 Å². The van der Waals surface area contributed by atoms with Crippen LogP contribution in [0.25, 0.3) is 10.8 Å². The molecule has 0 fully saturated rings. The lowest BCUT2D eigenvalue weighted by molar-refractivity contribution is -0.121. The predicted octanol–water partition coefficient (Wildman–Crippen LogP) is 3.15. The number of nitrogens with one attached hydrogen (secondary N) is 2. The van der Waals surface area contributed by atoms with Crippen LogP contribution in [0.3, 0.4) is 0 Å². The summed E-state index contributed by atoms with van der Waals surface area (Å²) in [7, 11) is 0. The van der Waals surface area contributed by atoms with Crippen molar-refractivity contribution in [1.82, 2.24) is 20.6 Å². The molecule has 0 atom stereocenters. The highest BCUT2D eigenvalue weighted by Gasteiger charge is 2.17. The number of hydrazine groups is 1. The molecule has 1 aromatic heterocycles. The van der Waals surface area contributed by atoms with Crippen molar-refractivity contribution in [3.63, 3.8) is 0 Å². The molecule has 2 aromatic carbocycles. The first-order valence-corrected chi connectivity index (χ1v) is 10.7. The molecule has 2 N–H and O–H groups in total. The summed E-state index contributed by atoms with van der Waals surface area (Å²) >= 11 is 0. The molecule has 0 aliphatic carbocycles. The van der Waals surface area contributed by atoms with Gasteiger partial charge in [-0.25, -0.2) is 4.68 Å². The molecule has 3 rings (SSSR count). The Kier molecular flexibility index (Phi) is 7.54. The molecule has 7 nitrogen and oxygen atoms in total. The second-order valence-corrected chi connectivity index (χ2v) is 7.52. The average Bonchev–Trinajstić information content (AvgIpc) is 2.79. The average molecular weight is 421 g/mol. The molecule has 0 spiro atoms. The van der Waals surface area contributed by atoms with Crippen LogP contribution in [-0.4, -0.2) is 21.6 Å². The third-order valence-electron chi connectivity index (χ3n) is 5.04. The maximum atomic E-state index is 12.7. The van der Waals surface area contributed by atoms with E-state index in [2.05, 4.69) is 22.9 Å². The molecular formula is C24H28N4O3. The van der Waals surface area contributed by atoms with E-state index in [1.807, 2.05) is 31.2 Å². The van der Waals surface area contributed by atoms with Crippen LogP contribution < -0.4 is 16.4 Å². The summed E-state index contributed by atoms with van der Waals surface area (Å²) in [6.45, 7) is 4.49. The van der Waals surface area contributed by atoms with E-state index in [0.717, 1.165) is 24.8 Å². The number of aromatic nitrogens is 2. The smallest absolute Gasteiger partial charge is 0.273 e. The molecular weight excluding hydrogens is 392 g/mol. The summed E-state index contributed by atoms with van der Waals surface area (Å²) in [4.78, 5) is 37.6. The van der Waals surface area contributed by atoms with Gasteiger partial charge in [-0.1, -0.05) is 62.7 Å². The number of rotatable bonds is 8. The van der Waals surface area contributed by atoms with E-state index in [1.165, 1.54) is 10.2 Å². The Bertz CT molecular complexity index is 1120. The molecule has 1 heterocycles. The monoisotopic (exact) mass is 420 g/mol. The van der Waals surface area contributed by atoms with Crippen molar-refractivity contribution in [2.45, 2.75) is 52.5 Å². The van der Waals surface area contributed by atoms with Gasteiger partial charge in [0.2, 0.25) is 5.91 Å². The predicted molar refractivity (Wildman–Crippen MR) is 121 cm³/mol. The zero-order chi connectivity index (χ0) is 22.2. The van der Waals surface area contributed by atoms with E-state index in [1.54, 1.807) is 24.3 Å². The van der Waals surface area contributed by atoms with Crippen molar-refractivity contribution >= 4 is 22.6 Å². The fourth-order valence-corrected chi connectivity index (χ4v) is 3.39. The Labute approximate surface area is 181 Å². The van der Waals surface area contributed by atoms with Crippen LogP contribution in [0.5, 0.6) is 0 Å². The van der Waals surface area contributed by atoms with Crippen LogP contribution >= 0.6 is 0 Å². The van der Waals surface area contributed by atoms with Crippen molar-refractivity contribution in [2.75, 3.05) is 0 Å². The van der Waals surface area contributed by atoms with Crippen molar-refractivity contribution < 1.29 is 9.59 Å². The largest absolute Gasteiger partial charge is 0.290 e. The molecule has 0 saturated heterocycles. The Morgan fingerprint density at radius 2 is 1.58 bits per heavy atom. The van der Waals surface area contributed by atoms with Gasteiger partial charge in [0.15, 0.2) is 5.69 Å². The number of fused-ring (bicyclic) bond motifs is 1. The molecule has 2 amide bonds. The number of hydrogen-bond donors (Lipinski definition) is 2. The molecule has 162 valence electrons. The maximum absolute atomic E-state index is 12.7. The lowest BCUT2D eigenvalue weighted by Crippen LogP contribution is -2.43. The highest BCUT2D eigenvalue weighted by Crippen LogP contribution is 2.13. The normalized spacial score (nSPS) is 10.8. The molecule has 0 aliphatic rings. The summed E-state index contributed by atoms with van der Waals surface area (Å²) in [5.74, 6) is -0.898. The second kappa shape index (κ2) is 10.5. The summed E-state index contributed by atoms with van der Waals surface area (Å²) < 4.78 is 1.29. The minimum absolute atomic E-state index is 0.101. The van der Waals surface area contributed by atoms with Crippen molar-refractivity contribution in [2.24, 2.45) is 0 Å². The molecule has 0 radical (unpaired) electrons. The number of carbonyl (C=O) groups excluding carboxylic acids is 2. The molecule has 0 unspecified atom stereocenters. The van der Waals surface area contributed by atoms with Crippen LogP contribution in [0.2, 0.25) is 0 Å². The topological polar surface area (TPSA) is 93.1 Å². The number of hydrogen-bond acceptors (Lipinski definition) is 4. The molecule has 3 aromatic rings. The van der Waals surface area contributed by atoms with Gasteiger partial charge in [-0.15, -0.1) is 0 Å². The van der Waals surface area contributed by atoms with Gasteiger partial charge in [0.1, 0.15) is 0 Å². The molecule has 31 heavy (non-hydrogen) atoms. The lowest BCUT2D eigenvalue weighted by Gasteiger charge is -2.11. The van der Waals surface area contributed by atoms with Gasteiger partial charge < -0.3 is 0 Å². The van der Waals surface area contributed by atoms with E-state index < -0.39 is 5.91 Å². The summed E-state index contributed by atoms with van der Waals surface area (Å²) in [6.07, 6.45) is 4.17. The summed E-state index contributed by atoms with van der Waals surface area (Å²) in [6, 6.07) is 14.8. The molecule has 0 bridgehead atoms. The van der Waals surface area contributed by atoms with E-state index in [0.29, 0.717) is 23.7 Å². The third-order valence-corrected chi connectivity index (χ3v) is 5.04. The first-order chi connectivity index (χ1) is 15.0. The number of amides is 2. The maximum Gasteiger partial charge on any atom is 0.290 e. The minimum Gasteiger partial charge on any atom is -0.273 e. The first kappa shape index (κ1) is 22.2. The van der Waals surface area contributed by atoms with Crippen LogP contribution in [0.4, 0.5) is 0 Å². The van der Waals surface area contributed by atoms with Crippen molar-refractivity contribution in [3.05, 3.63) is 75.7 Å². The second-order valence-electron chi connectivity index (χ2n) is 7.52. The fourth-order valence-electron chi connectivity index (χ4n) is 3.39. The van der Waals surface area contributed by atoms with Gasteiger partial charge in [-0.3, -0.25) is 25.2 Å². The number of unbranched alkanes of at least 4 members (excludes halogenated alkanes) is 1. The van der Waals surface area contributed by atoms with Gasteiger partial charge in [-0.2, -0.15) is 5.10 Å². The highest BCUT2D eigenvalue weighted by atomic mass is 16.2. The lowest BCUT2D eigenvalue weighted by atomic mass is 10.0. The summed E-state index contributed by atoms with van der Waals surface area (Å²) in [5.41, 5.74) is 6.85. The zero-order valence-corrected chi connectivity index (χ0v) is 18.0. The van der Waals surface area contributed by atoms with Gasteiger partial charge in [0, 0.05) is 11.9 Å². The quantitative estimate of drug-likeness (QED) is 0.548. The highest BCUT2D eigenvalue weighted by molar-refractivity contribution is 6.05. The first-order valence-electron chi connectivity index (χ1n) is 10.7. The minimum atomic E-state index is -0.565. The van der Waals surface area contributed by atoms with Crippen LogP contribution in [-0.2, 0) is 24.2 Å². The van der Waals surface area contributed by atoms with Gasteiger partial charge in [0.05, 0.1) is 11.8 Å². The van der Waals surface area contributed by atoms with Gasteiger partial charge >= 0.3 is 0 Å². The van der Waals surface area contributed by atoms with E-state index in [9.17, 15) is 14.4 Å².